The van der Waals surface area contributed by atoms with Crippen molar-refractivity contribution in [2.24, 2.45) is 5.10 Å². The Labute approximate surface area is 200 Å². The Kier molecular flexibility index (Phi) is 8.89. The largest absolute Gasteiger partial charge is 0.494 e. The zero-order valence-corrected chi connectivity index (χ0v) is 18.8. The van der Waals surface area contributed by atoms with Crippen LogP contribution in [0.4, 0.5) is 15.8 Å². The molecule has 0 radical (unpaired) electrons. The van der Waals surface area contributed by atoms with Gasteiger partial charge in [-0.15, -0.1) is 0 Å². The Bertz CT molecular complexity index is 1200. The molecule has 0 aliphatic carbocycles. The number of nitrogens with zero attached hydrogens (tertiary/aromatic N) is 1. The molecule has 0 saturated heterocycles. The molecule has 0 fully saturated rings. The second-order valence-corrected chi connectivity index (χ2v) is 7.00. The third-order valence-electron chi connectivity index (χ3n) is 4.41. The highest BCUT2D eigenvalue weighted by atomic mass is 19.1. The molecular formula is C25H23FN4O5. The second-order valence-electron chi connectivity index (χ2n) is 7.00. The molecule has 0 bridgehead atoms. The van der Waals surface area contributed by atoms with Gasteiger partial charge < -0.3 is 20.1 Å². The maximum atomic E-state index is 13.5. The van der Waals surface area contributed by atoms with Crippen LogP contribution >= 0.6 is 0 Å². The van der Waals surface area contributed by atoms with Gasteiger partial charge in [0.15, 0.2) is 6.61 Å². The van der Waals surface area contributed by atoms with E-state index in [0.29, 0.717) is 23.6 Å². The van der Waals surface area contributed by atoms with Crippen molar-refractivity contribution in [3.05, 3.63) is 84.2 Å². The maximum Gasteiger partial charge on any atom is 0.329 e. The highest BCUT2D eigenvalue weighted by molar-refractivity contribution is 6.39. The van der Waals surface area contributed by atoms with Gasteiger partial charge in [0.25, 0.3) is 5.91 Å². The summed E-state index contributed by atoms with van der Waals surface area (Å²) in [4.78, 5) is 35.7. The average molecular weight is 478 g/mol. The Balaban J connectivity index is 1.42. The van der Waals surface area contributed by atoms with Gasteiger partial charge in [0.1, 0.15) is 17.3 Å². The summed E-state index contributed by atoms with van der Waals surface area (Å²) in [5.74, 6) is -1.92. The number of halogens is 1. The summed E-state index contributed by atoms with van der Waals surface area (Å²) in [6, 6.07) is 19.0. The molecule has 9 nitrogen and oxygen atoms in total. The summed E-state index contributed by atoms with van der Waals surface area (Å²) in [7, 11) is 0. The van der Waals surface area contributed by atoms with Gasteiger partial charge in [-0.1, -0.05) is 12.1 Å². The first kappa shape index (κ1) is 24.9. The van der Waals surface area contributed by atoms with Crippen LogP contribution < -0.4 is 25.5 Å². The van der Waals surface area contributed by atoms with E-state index in [1.54, 1.807) is 48.5 Å². The van der Waals surface area contributed by atoms with Crippen LogP contribution in [0.1, 0.15) is 12.5 Å². The molecule has 0 saturated carbocycles. The van der Waals surface area contributed by atoms with Gasteiger partial charge in [0, 0.05) is 5.69 Å². The van der Waals surface area contributed by atoms with Gasteiger partial charge in [0.05, 0.1) is 18.5 Å². The first-order valence-electron chi connectivity index (χ1n) is 10.6. The summed E-state index contributed by atoms with van der Waals surface area (Å²) in [6.07, 6.45) is 1.32. The molecule has 180 valence electrons. The third kappa shape index (κ3) is 7.97. The number of hydrogen-bond donors (Lipinski definition) is 3. The van der Waals surface area contributed by atoms with Crippen LogP contribution in [0, 0.1) is 5.82 Å². The van der Waals surface area contributed by atoms with Crippen LogP contribution in [0.15, 0.2) is 77.9 Å². The molecule has 3 aromatic carbocycles. The fourth-order valence-electron chi connectivity index (χ4n) is 2.76. The topological polar surface area (TPSA) is 118 Å². The molecule has 10 heteroatoms. The summed E-state index contributed by atoms with van der Waals surface area (Å²) >= 11 is 0. The molecule has 0 spiro atoms. The number of amides is 3. The van der Waals surface area contributed by atoms with Crippen molar-refractivity contribution < 1.29 is 28.2 Å². The normalized spacial score (nSPS) is 10.5. The lowest BCUT2D eigenvalue weighted by molar-refractivity contribution is -0.136. The highest BCUT2D eigenvalue weighted by Gasteiger charge is 2.14. The van der Waals surface area contributed by atoms with E-state index in [4.69, 9.17) is 9.47 Å². The van der Waals surface area contributed by atoms with Gasteiger partial charge in [-0.2, -0.15) is 5.10 Å². The van der Waals surface area contributed by atoms with E-state index < -0.39 is 17.6 Å². The molecule has 0 atom stereocenters. The van der Waals surface area contributed by atoms with E-state index >= 15 is 0 Å². The molecular weight excluding hydrogens is 455 g/mol. The minimum atomic E-state index is -1.06. The zero-order chi connectivity index (χ0) is 25.0. The number of hydrazone groups is 1. The minimum Gasteiger partial charge on any atom is -0.494 e. The van der Waals surface area contributed by atoms with E-state index in [-0.39, 0.29) is 18.2 Å². The molecule has 3 amide bonds. The molecule has 35 heavy (non-hydrogen) atoms. The van der Waals surface area contributed by atoms with Crippen molar-refractivity contribution in [1.29, 1.82) is 0 Å². The van der Waals surface area contributed by atoms with Crippen LogP contribution in [-0.4, -0.2) is 37.1 Å². The van der Waals surface area contributed by atoms with Crippen molar-refractivity contribution in [3.63, 3.8) is 0 Å². The fourth-order valence-corrected chi connectivity index (χ4v) is 2.76. The smallest absolute Gasteiger partial charge is 0.329 e. The van der Waals surface area contributed by atoms with Gasteiger partial charge in [-0.25, -0.2) is 9.82 Å². The fraction of sp³-hybridized carbons (Fsp3) is 0.120. The number of ether oxygens (including phenoxy) is 2. The van der Waals surface area contributed by atoms with Crippen molar-refractivity contribution in [2.75, 3.05) is 23.8 Å². The van der Waals surface area contributed by atoms with Crippen LogP contribution in [0.25, 0.3) is 0 Å². The van der Waals surface area contributed by atoms with Crippen molar-refractivity contribution in [3.8, 4) is 11.5 Å². The summed E-state index contributed by atoms with van der Waals surface area (Å²) in [5.41, 5.74) is 3.18. The minimum absolute atomic E-state index is 0.111. The zero-order valence-electron chi connectivity index (χ0n) is 18.8. The van der Waals surface area contributed by atoms with Crippen molar-refractivity contribution in [2.45, 2.75) is 6.92 Å². The number of nitrogens with one attached hydrogen (secondary N) is 3. The molecule has 0 heterocycles. The Morgan fingerprint density at radius 1 is 0.857 bits per heavy atom. The molecule has 3 aromatic rings. The SMILES string of the molecule is CCOc1ccc(NC(=O)COc2ccc(/C=N\NC(=O)C(=O)Nc3ccccc3F)cc2)cc1. The van der Waals surface area contributed by atoms with E-state index in [9.17, 15) is 18.8 Å². The molecule has 0 aromatic heterocycles. The number of carbonyl (C=O) groups excluding carboxylic acids is 3. The Hall–Kier alpha value is -4.73. The van der Waals surface area contributed by atoms with E-state index in [0.717, 1.165) is 11.8 Å². The van der Waals surface area contributed by atoms with Gasteiger partial charge in [-0.05, 0) is 73.2 Å². The number of carbonyl (C=O) groups is 3. The lowest BCUT2D eigenvalue weighted by Crippen LogP contribution is -2.32. The standard InChI is InChI=1S/C25H23FN4O5/c1-2-34-19-13-9-18(10-14-19)28-23(31)16-35-20-11-7-17(8-12-20)15-27-30-25(33)24(32)29-22-6-4-3-5-21(22)26/h3-15H,2,16H2,1H3,(H,28,31)(H,29,32)(H,30,33)/b27-15-. The predicted molar refractivity (Wildman–Crippen MR) is 129 cm³/mol. The monoisotopic (exact) mass is 478 g/mol. The number of rotatable bonds is 9. The molecule has 0 unspecified atom stereocenters. The number of para-hydroxylation sites is 1. The number of benzene rings is 3. The Morgan fingerprint density at radius 2 is 1.51 bits per heavy atom. The molecule has 0 aliphatic rings. The quantitative estimate of drug-likeness (QED) is 0.248. The summed E-state index contributed by atoms with van der Waals surface area (Å²) < 4.78 is 24.4. The highest BCUT2D eigenvalue weighted by Crippen LogP contribution is 2.16. The maximum absolute atomic E-state index is 13.5. The lowest BCUT2D eigenvalue weighted by Gasteiger charge is -2.09. The molecule has 3 N–H and O–H groups in total. The van der Waals surface area contributed by atoms with Crippen LogP contribution in [-0.2, 0) is 14.4 Å². The van der Waals surface area contributed by atoms with Crippen molar-refractivity contribution in [1.82, 2.24) is 5.43 Å². The van der Waals surface area contributed by atoms with Crippen molar-refractivity contribution >= 4 is 35.3 Å². The average Bonchev–Trinajstić information content (AvgIpc) is 2.86. The van der Waals surface area contributed by atoms with Crippen LogP contribution in [0.3, 0.4) is 0 Å². The third-order valence-corrected chi connectivity index (χ3v) is 4.41. The first-order chi connectivity index (χ1) is 16.9. The first-order valence-corrected chi connectivity index (χ1v) is 10.6. The number of anilines is 2. The molecule has 0 aliphatic heterocycles. The molecule has 3 rings (SSSR count). The van der Waals surface area contributed by atoms with E-state index in [1.807, 2.05) is 6.92 Å². The van der Waals surface area contributed by atoms with Crippen LogP contribution in [0.2, 0.25) is 0 Å². The second kappa shape index (κ2) is 12.5. The number of hydrogen-bond acceptors (Lipinski definition) is 6. The van der Waals surface area contributed by atoms with E-state index in [2.05, 4.69) is 21.2 Å². The van der Waals surface area contributed by atoms with Gasteiger partial charge in [0.2, 0.25) is 0 Å². The summed E-state index contributed by atoms with van der Waals surface area (Å²) in [5, 5.41) is 8.58. The predicted octanol–water partition coefficient (Wildman–Crippen LogP) is 3.33. The lowest BCUT2D eigenvalue weighted by atomic mass is 10.2. The van der Waals surface area contributed by atoms with E-state index in [1.165, 1.54) is 24.4 Å². The summed E-state index contributed by atoms with van der Waals surface area (Å²) in [6.45, 7) is 2.27. The van der Waals surface area contributed by atoms with Gasteiger partial charge >= 0.3 is 11.8 Å². The van der Waals surface area contributed by atoms with Crippen LogP contribution in [0.5, 0.6) is 11.5 Å². The van der Waals surface area contributed by atoms with Gasteiger partial charge in [-0.3, -0.25) is 14.4 Å². The Morgan fingerprint density at radius 3 is 2.20 bits per heavy atom.